The molecule has 0 amide bonds. The van der Waals surface area contributed by atoms with Crippen LogP contribution >= 0.6 is 0 Å². The highest BCUT2D eigenvalue weighted by Crippen LogP contribution is 1.87. The van der Waals surface area contributed by atoms with Gasteiger partial charge in [-0.05, 0) is 19.8 Å². The third kappa shape index (κ3) is 63.0. The van der Waals surface area contributed by atoms with E-state index in [1.165, 1.54) is 6.92 Å². The highest BCUT2D eigenvalue weighted by molar-refractivity contribution is 5.56. The standard InChI is InChI=1S/C5H10O4.C3H8O2.CH2O3/c6-3-1-2-4-9-5(7)8;1-3(5)2-4;2-1(3)4/h6H,1-4H2,(H,7,8);3-5H,2H2,1H3;(H2,2,3,4). The maximum absolute atomic E-state index is 9.68. The molecule has 0 aromatic carbocycles. The minimum absolute atomic E-state index is 0.0863. The number of carboxylic acid groups (broad SMARTS) is 3. The van der Waals surface area contributed by atoms with E-state index in [9.17, 15) is 4.79 Å². The number of hydrogen-bond acceptors (Lipinski definition) is 6. The number of ether oxygens (including phenoxy) is 1. The van der Waals surface area contributed by atoms with Crippen molar-refractivity contribution in [3.8, 4) is 0 Å². The second-order valence-electron chi connectivity index (χ2n) is 2.86. The summed E-state index contributed by atoms with van der Waals surface area (Å²) in [5.74, 6) is 0. The van der Waals surface area contributed by atoms with Crippen LogP contribution in [-0.4, -0.2) is 68.9 Å². The van der Waals surface area contributed by atoms with Gasteiger partial charge in [-0.1, -0.05) is 0 Å². The maximum atomic E-state index is 9.68. The van der Waals surface area contributed by atoms with Crippen LogP contribution in [0.3, 0.4) is 0 Å². The fraction of sp³-hybridized carbons (Fsp3) is 0.778. The van der Waals surface area contributed by atoms with E-state index < -0.39 is 18.4 Å². The summed E-state index contributed by atoms with van der Waals surface area (Å²) in [5.41, 5.74) is 0. The molecule has 0 aliphatic carbocycles. The van der Waals surface area contributed by atoms with Crippen LogP contribution in [0, 0.1) is 0 Å². The van der Waals surface area contributed by atoms with Crippen molar-refractivity contribution in [3.05, 3.63) is 0 Å². The molecule has 9 heteroatoms. The lowest BCUT2D eigenvalue weighted by atomic mass is 10.3. The van der Waals surface area contributed by atoms with Crippen LogP contribution in [0.4, 0.5) is 9.59 Å². The number of rotatable bonds is 5. The van der Waals surface area contributed by atoms with Crippen LogP contribution in [0.15, 0.2) is 0 Å². The molecule has 0 aliphatic heterocycles. The Morgan fingerprint density at radius 1 is 1.11 bits per heavy atom. The second kappa shape index (κ2) is 17.8. The van der Waals surface area contributed by atoms with E-state index in [1.54, 1.807) is 0 Å². The molecule has 0 fully saturated rings. The predicted molar refractivity (Wildman–Crippen MR) is 59.7 cm³/mol. The Morgan fingerprint density at radius 2 is 1.50 bits per heavy atom. The predicted octanol–water partition coefficient (Wildman–Crippen LogP) is 0.0354. The third-order valence-corrected chi connectivity index (χ3v) is 1.04. The van der Waals surface area contributed by atoms with Crippen LogP contribution in [0.25, 0.3) is 0 Å². The number of hydrogen-bond donors (Lipinski definition) is 6. The smallest absolute Gasteiger partial charge is 0.450 e. The molecule has 0 bridgehead atoms. The molecule has 1 atom stereocenters. The van der Waals surface area contributed by atoms with Gasteiger partial charge in [-0.25, -0.2) is 9.59 Å². The zero-order chi connectivity index (χ0) is 15.0. The lowest BCUT2D eigenvalue weighted by Gasteiger charge is -1.96. The molecule has 0 radical (unpaired) electrons. The summed E-state index contributed by atoms with van der Waals surface area (Å²) in [4.78, 5) is 18.2. The fourth-order valence-corrected chi connectivity index (χ4v) is 0.373. The number of aliphatic hydroxyl groups is 3. The molecule has 110 valence electrons. The molecule has 18 heavy (non-hydrogen) atoms. The van der Waals surface area contributed by atoms with Crippen LogP contribution in [0.5, 0.6) is 0 Å². The van der Waals surface area contributed by atoms with Crippen molar-refractivity contribution >= 4 is 12.3 Å². The van der Waals surface area contributed by atoms with Crippen molar-refractivity contribution in [1.29, 1.82) is 0 Å². The maximum Gasteiger partial charge on any atom is 0.505 e. The van der Waals surface area contributed by atoms with Crippen LogP contribution in [-0.2, 0) is 4.74 Å². The van der Waals surface area contributed by atoms with Gasteiger partial charge in [0.25, 0.3) is 0 Å². The average Bonchev–Trinajstić information content (AvgIpc) is 2.24. The van der Waals surface area contributed by atoms with Crippen molar-refractivity contribution in [2.75, 3.05) is 19.8 Å². The van der Waals surface area contributed by atoms with Crippen LogP contribution < -0.4 is 0 Å². The average molecular weight is 272 g/mol. The zero-order valence-corrected chi connectivity index (χ0v) is 10.0. The highest BCUT2D eigenvalue weighted by atomic mass is 16.7. The molecule has 0 aromatic heterocycles. The minimum atomic E-state index is -1.83. The van der Waals surface area contributed by atoms with Crippen molar-refractivity contribution < 1.29 is 45.0 Å². The van der Waals surface area contributed by atoms with Crippen molar-refractivity contribution in [1.82, 2.24) is 0 Å². The van der Waals surface area contributed by atoms with Crippen LogP contribution in [0.1, 0.15) is 19.8 Å². The van der Waals surface area contributed by atoms with Crippen molar-refractivity contribution in [2.45, 2.75) is 25.9 Å². The first kappa shape index (κ1) is 21.7. The summed E-state index contributed by atoms with van der Waals surface area (Å²) < 4.78 is 4.15. The topological polar surface area (TPSA) is 165 Å². The van der Waals surface area contributed by atoms with E-state index in [0.717, 1.165) is 0 Å². The third-order valence-electron chi connectivity index (χ3n) is 1.04. The van der Waals surface area contributed by atoms with E-state index in [1.807, 2.05) is 0 Å². The number of carbonyl (C=O) groups is 2. The molecule has 0 rings (SSSR count). The quantitative estimate of drug-likeness (QED) is 0.299. The summed E-state index contributed by atoms with van der Waals surface area (Å²) in [5, 5.41) is 46.1. The molecular formula is C9H20O9. The summed E-state index contributed by atoms with van der Waals surface area (Å²) >= 11 is 0. The Bertz CT molecular complexity index is 188. The summed E-state index contributed by atoms with van der Waals surface area (Å²) in [6.45, 7) is 1.65. The Kier molecular flexibility index (Phi) is 21.4. The van der Waals surface area contributed by atoms with E-state index in [-0.39, 0.29) is 19.8 Å². The zero-order valence-electron chi connectivity index (χ0n) is 10.0. The van der Waals surface area contributed by atoms with Crippen molar-refractivity contribution in [3.63, 3.8) is 0 Å². The van der Waals surface area contributed by atoms with Gasteiger partial charge in [-0.15, -0.1) is 0 Å². The van der Waals surface area contributed by atoms with E-state index in [2.05, 4.69) is 4.74 Å². The molecule has 0 aliphatic rings. The number of unbranched alkanes of at least 4 members (excludes halogenated alkanes) is 1. The van der Waals surface area contributed by atoms with Gasteiger partial charge in [0, 0.05) is 6.61 Å². The Balaban J connectivity index is -0.000000212. The molecule has 9 nitrogen and oxygen atoms in total. The lowest BCUT2D eigenvalue weighted by Crippen LogP contribution is -2.03. The first-order valence-electron chi connectivity index (χ1n) is 4.95. The second-order valence-corrected chi connectivity index (χ2v) is 2.86. The highest BCUT2D eigenvalue weighted by Gasteiger charge is 1.93. The SMILES string of the molecule is CC(O)CO.O=C(O)O.O=C(O)OCCCCO. The number of aliphatic hydroxyl groups excluding tert-OH is 3. The normalized spacial score (nSPS) is 10.0. The Hall–Kier alpha value is -1.58. The summed E-state index contributed by atoms with van der Waals surface area (Å²) in [7, 11) is 0. The van der Waals surface area contributed by atoms with Gasteiger partial charge in [0.05, 0.1) is 19.3 Å². The Labute approximate surface area is 104 Å². The molecule has 0 heterocycles. The van der Waals surface area contributed by atoms with Crippen LogP contribution in [0.2, 0.25) is 0 Å². The summed E-state index contributed by atoms with van der Waals surface area (Å²) in [6, 6.07) is 0. The molecule has 1 unspecified atom stereocenters. The largest absolute Gasteiger partial charge is 0.505 e. The van der Waals surface area contributed by atoms with Gasteiger partial charge in [-0.3, -0.25) is 0 Å². The van der Waals surface area contributed by atoms with Gasteiger partial charge < -0.3 is 35.4 Å². The molecule has 0 saturated heterocycles. The van der Waals surface area contributed by atoms with Gasteiger partial charge >= 0.3 is 12.3 Å². The Morgan fingerprint density at radius 3 is 1.72 bits per heavy atom. The first-order chi connectivity index (χ1) is 8.27. The first-order valence-corrected chi connectivity index (χ1v) is 4.95. The van der Waals surface area contributed by atoms with Gasteiger partial charge in [0.1, 0.15) is 0 Å². The van der Waals surface area contributed by atoms with E-state index in [0.29, 0.717) is 12.8 Å². The van der Waals surface area contributed by atoms with E-state index in [4.69, 9.17) is 35.4 Å². The summed E-state index contributed by atoms with van der Waals surface area (Å²) in [6.07, 6.45) is -2.47. The molecule has 0 saturated carbocycles. The molecular weight excluding hydrogens is 252 g/mol. The molecule has 0 spiro atoms. The van der Waals surface area contributed by atoms with E-state index >= 15 is 0 Å². The van der Waals surface area contributed by atoms with Crippen molar-refractivity contribution in [2.24, 2.45) is 0 Å². The molecule has 6 N–H and O–H groups in total. The fourth-order valence-electron chi connectivity index (χ4n) is 0.373. The van der Waals surface area contributed by atoms with Gasteiger partial charge in [0.15, 0.2) is 0 Å². The minimum Gasteiger partial charge on any atom is -0.450 e. The van der Waals surface area contributed by atoms with Gasteiger partial charge in [0.2, 0.25) is 0 Å². The monoisotopic (exact) mass is 272 g/mol. The lowest BCUT2D eigenvalue weighted by molar-refractivity contribution is 0.0884. The van der Waals surface area contributed by atoms with Gasteiger partial charge in [-0.2, -0.15) is 0 Å². The molecule has 0 aromatic rings.